The average molecular weight is 482 g/mol. The molecule has 2 aromatic heterocycles. The number of rotatable bonds is 12. The highest BCUT2D eigenvalue weighted by molar-refractivity contribution is 5.83. The predicted molar refractivity (Wildman–Crippen MR) is 135 cm³/mol. The lowest BCUT2D eigenvalue weighted by Gasteiger charge is -2.30. The van der Waals surface area contributed by atoms with Gasteiger partial charge in [-0.25, -0.2) is 9.97 Å². The molecule has 1 saturated carbocycles. The standard InChI is InChI=1S/C27H39N5O3/c1-4-19(33)9-6-5-7-11-22(31-25(34)21-17-27(21)12-15-32(2)16-13-27)24-29-18-23(30-24)20-10-8-14-28-26(20)35-3/h8,10,14,18,21-22H,4-7,9,11-13,15-17H2,1-3H3,(H,29,30)(H,31,34)/t21-,22+/m1/s1. The van der Waals surface area contributed by atoms with E-state index in [9.17, 15) is 9.59 Å². The molecule has 0 bridgehead atoms. The summed E-state index contributed by atoms with van der Waals surface area (Å²) in [5.41, 5.74) is 1.85. The number of imidazole rings is 1. The quantitative estimate of drug-likeness (QED) is 0.439. The van der Waals surface area contributed by atoms with Crippen LogP contribution in [0.15, 0.2) is 24.5 Å². The van der Waals surface area contributed by atoms with Crippen molar-refractivity contribution in [3.05, 3.63) is 30.4 Å². The summed E-state index contributed by atoms with van der Waals surface area (Å²) in [6, 6.07) is 3.61. The zero-order valence-electron chi connectivity index (χ0n) is 21.3. The van der Waals surface area contributed by atoms with Crippen molar-refractivity contribution in [1.82, 2.24) is 25.2 Å². The first-order valence-electron chi connectivity index (χ1n) is 13.0. The van der Waals surface area contributed by atoms with Crippen LogP contribution in [0.2, 0.25) is 0 Å². The summed E-state index contributed by atoms with van der Waals surface area (Å²) >= 11 is 0. The van der Waals surface area contributed by atoms with Crippen LogP contribution in [-0.2, 0) is 9.59 Å². The summed E-state index contributed by atoms with van der Waals surface area (Å²) in [6.45, 7) is 4.05. The number of carbonyl (C=O) groups is 2. The molecule has 2 atom stereocenters. The SMILES string of the molecule is CCC(=O)CCCCC[C@H](NC(=O)[C@H]1CC12CCN(C)CC2)c1ncc(-c2cccnc2OC)[nH]1. The number of nitrogens with zero attached hydrogens (tertiary/aromatic N) is 3. The Morgan fingerprint density at radius 2 is 2.06 bits per heavy atom. The number of carbonyl (C=O) groups excluding carboxylic acids is 2. The van der Waals surface area contributed by atoms with Crippen molar-refractivity contribution in [1.29, 1.82) is 0 Å². The van der Waals surface area contributed by atoms with Crippen molar-refractivity contribution in [2.75, 3.05) is 27.2 Å². The second-order valence-corrected chi connectivity index (χ2v) is 10.2. The molecule has 0 radical (unpaired) electrons. The highest BCUT2D eigenvalue weighted by Gasteiger charge is 2.58. The van der Waals surface area contributed by atoms with Gasteiger partial charge >= 0.3 is 0 Å². The summed E-state index contributed by atoms with van der Waals surface area (Å²) in [6.07, 6.45) is 11.5. The number of piperidine rings is 1. The molecule has 8 nitrogen and oxygen atoms in total. The number of unbranched alkanes of at least 4 members (excludes halogenated alkanes) is 2. The number of hydrogen-bond acceptors (Lipinski definition) is 6. The molecule has 1 spiro atoms. The Kier molecular flexibility index (Phi) is 8.21. The molecule has 190 valence electrons. The lowest BCUT2D eigenvalue weighted by Crippen LogP contribution is -2.36. The number of pyridine rings is 1. The molecule has 0 aromatic carbocycles. The first-order valence-corrected chi connectivity index (χ1v) is 13.0. The van der Waals surface area contributed by atoms with E-state index in [1.807, 2.05) is 19.1 Å². The van der Waals surface area contributed by atoms with Gasteiger partial charge in [-0.3, -0.25) is 9.59 Å². The van der Waals surface area contributed by atoms with Gasteiger partial charge in [-0.2, -0.15) is 0 Å². The molecule has 2 fully saturated rings. The maximum Gasteiger partial charge on any atom is 0.224 e. The first-order chi connectivity index (χ1) is 17.0. The molecule has 2 N–H and O–H groups in total. The van der Waals surface area contributed by atoms with E-state index in [1.54, 1.807) is 19.5 Å². The third-order valence-electron chi connectivity index (χ3n) is 7.83. The average Bonchev–Trinajstić information content (AvgIpc) is 3.36. The van der Waals surface area contributed by atoms with Gasteiger partial charge in [0, 0.05) is 25.0 Å². The zero-order chi connectivity index (χ0) is 24.8. The van der Waals surface area contributed by atoms with Crippen LogP contribution >= 0.6 is 0 Å². The van der Waals surface area contributed by atoms with Gasteiger partial charge in [-0.1, -0.05) is 19.8 Å². The van der Waals surface area contributed by atoms with E-state index in [-0.39, 0.29) is 23.3 Å². The van der Waals surface area contributed by atoms with Gasteiger partial charge < -0.3 is 19.9 Å². The molecular formula is C27H39N5O3. The van der Waals surface area contributed by atoms with Gasteiger partial charge in [0.05, 0.1) is 30.6 Å². The summed E-state index contributed by atoms with van der Waals surface area (Å²) in [5, 5.41) is 3.32. The number of likely N-dealkylation sites (tertiary alicyclic amines) is 1. The van der Waals surface area contributed by atoms with Gasteiger partial charge in [0.1, 0.15) is 11.6 Å². The fourth-order valence-corrected chi connectivity index (χ4v) is 5.32. The smallest absolute Gasteiger partial charge is 0.224 e. The van der Waals surface area contributed by atoms with Gasteiger partial charge in [0.2, 0.25) is 11.8 Å². The van der Waals surface area contributed by atoms with Crippen LogP contribution in [0.4, 0.5) is 0 Å². The lowest BCUT2D eigenvalue weighted by atomic mass is 9.91. The van der Waals surface area contributed by atoms with Crippen molar-refractivity contribution in [3.8, 4) is 17.1 Å². The Labute approximate surface area is 208 Å². The minimum Gasteiger partial charge on any atom is -0.481 e. The van der Waals surface area contributed by atoms with Crippen molar-refractivity contribution < 1.29 is 14.3 Å². The molecular weight excluding hydrogens is 442 g/mol. The molecule has 4 rings (SSSR count). The zero-order valence-corrected chi connectivity index (χ0v) is 21.3. The number of H-pyrrole nitrogens is 1. The number of hydrogen-bond donors (Lipinski definition) is 2. The molecule has 35 heavy (non-hydrogen) atoms. The second kappa shape index (κ2) is 11.3. The molecule has 1 aliphatic heterocycles. The number of aromatic amines is 1. The number of methoxy groups -OCH3 is 1. The van der Waals surface area contributed by atoms with Gasteiger partial charge in [-0.05, 0) is 69.8 Å². The van der Waals surface area contributed by atoms with E-state index in [0.29, 0.717) is 24.5 Å². The summed E-state index contributed by atoms with van der Waals surface area (Å²) in [5.74, 6) is 1.85. The number of amides is 1. The summed E-state index contributed by atoms with van der Waals surface area (Å²) < 4.78 is 5.41. The topological polar surface area (TPSA) is 100 Å². The Morgan fingerprint density at radius 3 is 2.80 bits per heavy atom. The molecule has 2 aliphatic rings. The number of nitrogens with one attached hydrogen (secondary N) is 2. The van der Waals surface area contributed by atoms with Crippen LogP contribution < -0.4 is 10.1 Å². The monoisotopic (exact) mass is 481 g/mol. The largest absolute Gasteiger partial charge is 0.481 e. The molecule has 3 heterocycles. The maximum absolute atomic E-state index is 13.3. The van der Waals surface area contributed by atoms with E-state index in [4.69, 9.17) is 4.74 Å². The number of ether oxygens (including phenoxy) is 1. The van der Waals surface area contributed by atoms with Crippen LogP contribution in [-0.4, -0.2) is 58.8 Å². The highest BCUT2D eigenvalue weighted by Crippen LogP contribution is 2.59. The van der Waals surface area contributed by atoms with Gasteiger partial charge in [-0.15, -0.1) is 0 Å². The lowest BCUT2D eigenvalue weighted by molar-refractivity contribution is -0.124. The minimum absolute atomic E-state index is 0.105. The minimum atomic E-state index is -0.190. The van der Waals surface area contributed by atoms with E-state index < -0.39 is 0 Å². The molecule has 0 unspecified atom stereocenters. The Morgan fingerprint density at radius 1 is 1.26 bits per heavy atom. The van der Waals surface area contributed by atoms with Crippen LogP contribution in [0.5, 0.6) is 5.88 Å². The molecule has 1 aliphatic carbocycles. The van der Waals surface area contributed by atoms with E-state index in [0.717, 1.165) is 75.1 Å². The normalized spacial score (nSPS) is 19.9. The predicted octanol–water partition coefficient (Wildman–Crippen LogP) is 4.30. The first kappa shape index (κ1) is 25.4. The van der Waals surface area contributed by atoms with Crippen molar-refractivity contribution in [2.45, 2.75) is 70.8 Å². The Hall–Kier alpha value is -2.74. The van der Waals surface area contributed by atoms with Crippen molar-refractivity contribution in [2.24, 2.45) is 11.3 Å². The summed E-state index contributed by atoms with van der Waals surface area (Å²) in [7, 11) is 3.75. The summed E-state index contributed by atoms with van der Waals surface area (Å²) in [4.78, 5) is 39.6. The second-order valence-electron chi connectivity index (χ2n) is 10.2. The fourth-order valence-electron chi connectivity index (χ4n) is 5.32. The fraction of sp³-hybridized carbons (Fsp3) is 0.630. The number of aromatic nitrogens is 3. The van der Waals surface area contributed by atoms with Crippen molar-refractivity contribution in [3.63, 3.8) is 0 Å². The number of Topliss-reactive ketones (excluding diaryl/α,β-unsaturated/α-hetero) is 1. The van der Waals surface area contributed by atoms with Crippen LogP contribution in [0.3, 0.4) is 0 Å². The van der Waals surface area contributed by atoms with Gasteiger partial charge in [0.25, 0.3) is 0 Å². The van der Waals surface area contributed by atoms with Gasteiger partial charge in [0.15, 0.2) is 0 Å². The third kappa shape index (κ3) is 6.10. The van der Waals surface area contributed by atoms with E-state index in [2.05, 4.69) is 32.2 Å². The highest BCUT2D eigenvalue weighted by atomic mass is 16.5. The van der Waals surface area contributed by atoms with Crippen LogP contribution in [0.1, 0.15) is 76.6 Å². The third-order valence-corrected chi connectivity index (χ3v) is 7.83. The van der Waals surface area contributed by atoms with E-state index >= 15 is 0 Å². The molecule has 1 saturated heterocycles. The van der Waals surface area contributed by atoms with Crippen LogP contribution in [0, 0.1) is 11.3 Å². The Bertz CT molecular complexity index is 1010. The molecule has 1 amide bonds. The van der Waals surface area contributed by atoms with Crippen LogP contribution in [0.25, 0.3) is 11.3 Å². The van der Waals surface area contributed by atoms with E-state index in [1.165, 1.54) is 0 Å². The molecule has 2 aromatic rings. The molecule has 8 heteroatoms. The maximum atomic E-state index is 13.3. The number of ketones is 1. The Balaban J connectivity index is 1.43. The van der Waals surface area contributed by atoms with Crippen molar-refractivity contribution >= 4 is 11.7 Å².